The van der Waals surface area contributed by atoms with Crippen LogP contribution in [-0.2, 0) is 13.5 Å². The number of aliphatic imine (C=N–C) groups is 1. The minimum atomic E-state index is 1.12. The van der Waals surface area contributed by atoms with E-state index in [9.17, 15) is 0 Å². The summed E-state index contributed by atoms with van der Waals surface area (Å²) in [4.78, 5) is 4.55. The first-order valence-electron chi connectivity index (χ1n) is 5.37. The Bertz CT molecular complexity index is 345. The maximum atomic E-state index is 4.55. The van der Waals surface area contributed by atoms with Crippen LogP contribution in [-0.4, -0.2) is 10.3 Å². The summed E-state index contributed by atoms with van der Waals surface area (Å²) in [6.45, 7) is 8.26. The molecule has 2 heterocycles. The molecule has 0 bridgehead atoms. The molecule has 0 aliphatic carbocycles. The lowest BCUT2D eigenvalue weighted by molar-refractivity contribution is 0.895. The van der Waals surface area contributed by atoms with Gasteiger partial charge in [-0.2, -0.15) is 0 Å². The zero-order chi connectivity index (χ0) is 10.7. The van der Waals surface area contributed by atoms with Crippen LogP contribution in [0, 0.1) is 6.92 Å². The molecule has 0 amide bonds. The number of aromatic nitrogens is 1. The number of fused-ring (bicyclic) bond motifs is 1. The van der Waals surface area contributed by atoms with Gasteiger partial charge in [-0.15, -0.1) is 0 Å². The third-order valence-electron chi connectivity index (χ3n) is 2.50. The Morgan fingerprint density at radius 3 is 2.50 bits per heavy atom. The number of hydrogen-bond acceptors (Lipinski definition) is 1. The summed E-state index contributed by atoms with van der Waals surface area (Å²) in [5.74, 6) is 1.16. The second-order valence-electron chi connectivity index (χ2n) is 3.57. The maximum absolute atomic E-state index is 4.55. The van der Waals surface area contributed by atoms with Gasteiger partial charge in [-0.25, -0.2) is 4.99 Å². The summed E-state index contributed by atoms with van der Waals surface area (Å²) < 4.78 is 2.12. The van der Waals surface area contributed by atoms with Gasteiger partial charge in [0.1, 0.15) is 5.82 Å². The van der Waals surface area contributed by atoms with Crippen molar-refractivity contribution in [3.8, 4) is 0 Å². The van der Waals surface area contributed by atoms with E-state index in [1.165, 1.54) is 16.8 Å². The lowest BCUT2D eigenvalue weighted by atomic mass is 10.0. The molecule has 1 aliphatic rings. The molecule has 2 rings (SSSR count). The molecule has 0 fully saturated rings. The highest BCUT2D eigenvalue weighted by atomic mass is 15.1. The number of nitrogens with zero attached hydrogens (tertiary/aromatic N) is 2. The van der Waals surface area contributed by atoms with Gasteiger partial charge < -0.3 is 4.57 Å². The van der Waals surface area contributed by atoms with Gasteiger partial charge in [-0.1, -0.05) is 13.8 Å². The third kappa shape index (κ3) is 1.89. The Labute approximate surface area is 86.7 Å². The van der Waals surface area contributed by atoms with Crippen LogP contribution in [0.2, 0.25) is 0 Å². The minimum absolute atomic E-state index is 1.12. The molecule has 78 valence electrons. The molecule has 2 nitrogen and oxygen atoms in total. The van der Waals surface area contributed by atoms with E-state index in [1.54, 1.807) is 0 Å². The van der Waals surface area contributed by atoms with Crippen LogP contribution < -0.4 is 0 Å². The van der Waals surface area contributed by atoms with Crippen LogP contribution in [0.3, 0.4) is 0 Å². The Morgan fingerprint density at radius 2 is 1.86 bits per heavy atom. The number of aryl methyl sites for hydroxylation is 2. The average molecular weight is 192 g/mol. The molecule has 0 unspecified atom stereocenters. The van der Waals surface area contributed by atoms with Crippen molar-refractivity contribution in [2.24, 2.45) is 12.0 Å². The van der Waals surface area contributed by atoms with Gasteiger partial charge in [0.25, 0.3) is 0 Å². The van der Waals surface area contributed by atoms with E-state index >= 15 is 0 Å². The highest BCUT2D eigenvalue weighted by molar-refractivity contribution is 5.86. The van der Waals surface area contributed by atoms with Gasteiger partial charge in [0.05, 0.1) is 0 Å². The smallest absolute Gasteiger partial charge is 0.135 e. The van der Waals surface area contributed by atoms with Crippen LogP contribution in [0.1, 0.15) is 38.3 Å². The molecule has 0 aromatic carbocycles. The Morgan fingerprint density at radius 1 is 1.21 bits per heavy atom. The van der Waals surface area contributed by atoms with Crippen molar-refractivity contribution in [2.45, 2.75) is 40.5 Å². The average Bonchev–Trinajstić information content (AvgIpc) is 2.46. The fourth-order valence-electron chi connectivity index (χ4n) is 1.82. The molecule has 14 heavy (non-hydrogen) atoms. The molecular formula is C12H20N2. The molecule has 0 spiro atoms. The van der Waals surface area contributed by atoms with Crippen LogP contribution in [0.25, 0.3) is 0 Å². The second kappa shape index (κ2) is 4.45. The fraction of sp³-hybridized carbons (Fsp3) is 0.583. The van der Waals surface area contributed by atoms with Gasteiger partial charge in [-0.3, -0.25) is 0 Å². The van der Waals surface area contributed by atoms with Crippen LogP contribution in [0.4, 0.5) is 5.82 Å². The quantitative estimate of drug-likeness (QED) is 0.599. The molecule has 2 heteroatoms. The van der Waals surface area contributed by atoms with E-state index in [0.29, 0.717) is 0 Å². The van der Waals surface area contributed by atoms with Gasteiger partial charge in [0, 0.05) is 19.0 Å². The lowest BCUT2D eigenvalue weighted by Gasteiger charge is -2.10. The second-order valence-corrected chi connectivity index (χ2v) is 3.57. The van der Waals surface area contributed by atoms with Crippen molar-refractivity contribution < 1.29 is 0 Å². The maximum Gasteiger partial charge on any atom is 0.135 e. The number of rotatable bonds is 0. The zero-order valence-electron chi connectivity index (χ0n) is 9.89. The largest absolute Gasteiger partial charge is 0.336 e. The van der Waals surface area contributed by atoms with E-state index in [4.69, 9.17) is 0 Å². The van der Waals surface area contributed by atoms with Crippen LogP contribution >= 0.6 is 0 Å². The normalized spacial score (nSPS) is 13.9. The van der Waals surface area contributed by atoms with Crippen molar-refractivity contribution in [3.63, 3.8) is 0 Å². The predicted molar refractivity (Wildman–Crippen MR) is 62.6 cm³/mol. The van der Waals surface area contributed by atoms with Crippen LogP contribution in [0.5, 0.6) is 0 Å². The minimum Gasteiger partial charge on any atom is -0.336 e. The summed E-state index contributed by atoms with van der Waals surface area (Å²) in [6.07, 6.45) is 4.45. The molecule has 1 aromatic heterocycles. The molecule has 0 N–H and O–H groups in total. The predicted octanol–water partition coefficient (Wildman–Crippen LogP) is 3.40. The third-order valence-corrected chi connectivity index (χ3v) is 2.50. The first kappa shape index (κ1) is 11.0. The molecule has 1 aromatic rings. The first-order valence-corrected chi connectivity index (χ1v) is 5.37. The highest BCUT2D eigenvalue weighted by Crippen LogP contribution is 2.29. The Kier molecular flexibility index (Phi) is 3.50. The number of hydrogen-bond donors (Lipinski definition) is 0. The fourth-order valence-corrected chi connectivity index (χ4v) is 1.82. The summed E-state index contributed by atoms with van der Waals surface area (Å²) in [5, 5.41) is 0. The molecule has 0 atom stereocenters. The SMILES string of the molecule is CC.CC1=Nc2c(c(C)cn2C)CC1. The summed E-state index contributed by atoms with van der Waals surface area (Å²) >= 11 is 0. The molecule has 0 saturated carbocycles. The standard InChI is InChI=1S/C10H14N2.C2H6/c1-7-6-12(3)10-9(7)5-4-8(2)11-10;1-2/h6H,4-5H2,1-3H3;1-2H3. The van der Waals surface area contributed by atoms with Gasteiger partial charge >= 0.3 is 0 Å². The van der Waals surface area contributed by atoms with Gasteiger partial charge in [0.2, 0.25) is 0 Å². The molecule has 0 saturated heterocycles. The molecule has 1 aliphatic heterocycles. The Balaban J connectivity index is 0.000000461. The first-order chi connectivity index (χ1) is 6.68. The van der Waals surface area contributed by atoms with Crippen LogP contribution in [0.15, 0.2) is 11.2 Å². The summed E-state index contributed by atoms with van der Waals surface area (Å²) in [5.41, 5.74) is 4.07. The highest BCUT2D eigenvalue weighted by Gasteiger charge is 2.14. The zero-order valence-corrected chi connectivity index (χ0v) is 9.89. The summed E-state index contributed by atoms with van der Waals surface area (Å²) in [6, 6.07) is 0. The lowest BCUT2D eigenvalue weighted by Crippen LogP contribution is -2.02. The van der Waals surface area contributed by atoms with Crippen molar-refractivity contribution in [3.05, 3.63) is 17.3 Å². The van der Waals surface area contributed by atoms with Gasteiger partial charge in [-0.05, 0) is 37.8 Å². The van der Waals surface area contributed by atoms with Crippen molar-refractivity contribution in [1.29, 1.82) is 0 Å². The van der Waals surface area contributed by atoms with E-state index < -0.39 is 0 Å². The Hall–Kier alpha value is -1.05. The van der Waals surface area contributed by atoms with Crippen molar-refractivity contribution in [1.82, 2.24) is 4.57 Å². The van der Waals surface area contributed by atoms with Crippen molar-refractivity contribution in [2.75, 3.05) is 0 Å². The summed E-state index contributed by atoms with van der Waals surface area (Å²) in [7, 11) is 2.06. The van der Waals surface area contributed by atoms with E-state index in [2.05, 4.69) is 36.7 Å². The van der Waals surface area contributed by atoms with E-state index in [-0.39, 0.29) is 0 Å². The van der Waals surface area contributed by atoms with Gasteiger partial charge in [0.15, 0.2) is 0 Å². The van der Waals surface area contributed by atoms with Crippen molar-refractivity contribution >= 4 is 11.5 Å². The molecule has 0 radical (unpaired) electrons. The topological polar surface area (TPSA) is 17.3 Å². The van der Waals surface area contributed by atoms with E-state index in [0.717, 1.165) is 18.7 Å². The van der Waals surface area contributed by atoms with E-state index in [1.807, 2.05) is 13.8 Å². The molecular weight excluding hydrogens is 172 g/mol. The monoisotopic (exact) mass is 192 g/mol.